The number of nitrogens with zero attached hydrogens (tertiary/aromatic N) is 1. The Hall–Kier alpha value is -4.88. The average Bonchev–Trinajstić information content (AvgIpc) is 3.25. The van der Waals surface area contributed by atoms with E-state index in [0.29, 0.717) is 21.7 Å². The first kappa shape index (κ1) is 26.7. The molecule has 0 saturated heterocycles. The Morgan fingerprint density at radius 1 is 0.825 bits per heavy atom. The van der Waals surface area contributed by atoms with Gasteiger partial charge in [0.25, 0.3) is 5.91 Å². The van der Waals surface area contributed by atoms with Crippen molar-refractivity contribution in [2.45, 2.75) is 13.8 Å². The number of aromatic nitrogens is 1. The van der Waals surface area contributed by atoms with Crippen molar-refractivity contribution in [3.8, 4) is 11.4 Å². The molecule has 0 spiro atoms. The first-order chi connectivity index (χ1) is 19.4. The van der Waals surface area contributed by atoms with E-state index in [1.54, 1.807) is 73.7 Å². The molecular formula is C32H25ClN2O5. The second-order valence-corrected chi connectivity index (χ2v) is 9.31. The Morgan fingerprint density at radius 2 is 1.50 bits per heavy atom. The number of carbonyl (C=O) groups is 3. The number of nitrogens with one attached hydrogen (secondary N) is 1. The number of rotatable bonds is 7. The molecule has 40 heavy (non-hydrogen) atoms. The third-order valence-corrected chi connectivity index (χ3v) is 6.72. The van der Waals surface area contributed by atoms with E-state index in [0.717, 1.165) is 11.2 Å². The van der Waals surface area contributed by atoms with Crippen LogP contribution in [0.2, 0.25) is 5.02 Å². The number of halogens is 1. The zero-order chi connectivity index (χ0) is 28.2. The van der Waals surface area contributed by atoms with Crippen LogP contribution in [0.15, 0.2) is 97.1 Å². The van der Waals surface area contributed by atoms with Gasteiger partial charge in [-0.1, -0.05) is 54.1 Å². The van der Waals surface area contributed by atoms with E-state index in [1.165, 1.54) is 0 Å². The van der Waals surface area contributed by atoms with Gasteiger partial charge in [0.2, 0.25) is 0 Å². The molecule has 0 aliphatic heterocycles. The molecule has 1 amide bonds. The summed E-state index contributed by atoms with van der Waals surface area (Å²) in [7, 11) is 0. The Balaban J connectivity index is 1.49. The predicted octanol–water partition coefficient (Wildman–Crippen LogP) is 7.24. The number of anilines is 1. The highest BCUT2D eigenvalue weighted by Gasteiger charge is 2.23. The van der Waals surface area contributed by atoms with E-state index in [9.17, 15) is 14.4 Å². The van der Waals surface area contributed by atoms with Gasteiger partial charge in [0, 0.05) is 16.8 Å². The number of benzene rings is 4. The highest BCUT2D eigenvalue weighted by molar-refractivity contribution is 6.34. The lowest BCUT2D eigenvalue weighted by molar-refractivity contribution is 0.0527. The summed E-state index contributed by atoms with van der Waals surface area (Å²) in [4.78, 5) is 39.1. The summed E-state index contributed by atoms with van der Waals surface area (Å²) >= 11 is 6.16. The summed E-state index contributed by atoms with van der Waals surface area (Å²) in [6.45, 7) is 3.82. The van der Waals surface area contributed by atoms with Gasteiger partial charge in [-0.05, 0) is 68.4 Å². The summed E-state index contributed by atoms with van der Waals surface area (Å²) < 4.78 is 13.0. The molecule has 0 unspecified atom stereocenters. The van der Waals surface area contributed by atoms with E-state index in [2.05, 4.69) is 5.32 Å². The fraction of sp³-hybridized carbons (Fsp3) is 0.0938. The Labute approximate surface area is 235 Å². The minimum Gasteiger partial charge on any atom is -0.462 e. The van der Waals surface area contributed by atoms with Gasteiger partial charge >= 0.3 is 11.9 Å². The minimum atomic E-state index is -0.675. The number of hydrogen-bond acceptors (Lipinski definition) is 5. The quantitative estimate of drug-likeness (QED) is 0.170. The number of ether oxygens (including phenoxy) is 2. The lowest BCUT2D eigenvalue weighted by atomic mass is 10.1. The second-order valence-electron chi connectivity index (χ2n) is 8.90. The molecule has 1 heterocycles. The average molecular weight is 553 g/mol. The SMILES string of the molecule is CCOC(=O)c1c(C)n(-c2ccccc2)c2ccc(OC(=O)c3ccccc3NC(=O)c3ccccc3Cl)cc12. The number of esters is 2. The highest BCUT2D eigenvalue weighted by Crippen LogP contribution is 2.33. The number of para-hydroxylation sites is 2. The summed E-state index contributed by atoms with van der Waals surface area (Å²) in [5.74, 6) is -1.35. The maximum Gasteiger partial charge on any atom is 0.345 e. The van der Waals surface area contributed by atoms with Gasteiger partial charge < -0.3 is 19.4 Å². The van der Waals surface area contributed by atoms with E-state index in [1.807, 2.05) is 41.8 Å². The monoisotopic (exact) mass is 552 g/mol. The van der Waals surface area contributed by atoms with E-state index in [4.69, 9.17) is 21.1 Å². The fourth-order valence-corrected chi connectivity index (χ4v) is 4.82. The maximum absolute atomic E-state index is 13.3. The molecular weight excluding hydrogens is 528 g/mol. The van der Waals surface area contributed by atoms with Gasteiger partial charge in [0.05, 0.1) is 39.5 Å². The summed E-state index contributed by atoms with van der Waals surface area (Å²) in [5, 5.41) is 3.63. The molecule has 5 rings (SSSR count). The zero-order valence-corrected chi connectivity index (χ0v) is 22.6. The largest absolute Gasteiger partial charge is 0.462 e. The molecule has 0 radical (unpaired) electrons. The van der Waals surface area contributed by atoms with Gasteiger partial charge in [-0.2, -0.15) is 0 Å². The van der Waals surface area contributed by atoms with Crippen molar-refractivity contribution in [3.05, 3.63) is 124 Å². The lowest BCUT2D eigenvalue weighted by Gasteiger charge is -2.12. The maximum atomic E-state index is 13.3. The van der Waals surface area contributed by atoms with E-state index in [-0.39, 0.29) is 29.2 Å². The van der Waals surface area contributed by atoms with Crippen LogP contribution < -0.4 is 10.1 Å². The molecule has 0 bridgehead atoms. The van der Waals surface area contributed by atoms with Crippen molar-refractivity contribution in [2.24, 2.45) is 0 Å². The fourth-order valence-electron chi connectivity index (χ4n) is 4.60. The van der Waals surface area contributed by atoms with Crippen molar-refractivity contribution < 1.29 is 23.9 Å². The third-order valence-electron chi connectivity index (χ3n) is 6.39. The molecule has 0 fully saturated rings. The third kappa shape index (κ3) is 5.19. The first-order valence-corrected chi connectivity index (χ1v) is 13.0. The van der Waals surface area contributed by atoms with Crippen molar-refractivity contribution in [3.63, 3.8) is 0 Å². The van der Waals surface area contributed by atoms with Crippen molar-refractivity contribution in [2.75, 3.05) is 11.9 Å². The highest BCUT2D eigenvalue weighted by atomic mass is 35.5. The second kappa shape index (κ2) is 11.5. The van der Waals surface area contributed by atoms with Gasteiger partial charge in [-0.25, -0.2) is 9.59 Å². The number of fused-ring (bicyclic) bond motifs is 1. The van der Waals surface area contributed by atoms with Crippen LogP contribution in [0.5, 0.6) is 5.75 Å². The van der Waals surface area contributed by atoms with Gasteiger partial charge in [-0.3, -0.25) is 4.79 Å². The molecule has 7 nitrogen and oxygen atoms in total. The number of carbonyl (C=O) groups excluding carboxylic acids is 3. The first-order valence-electron chi connectivity index (χ1n) is 12.6. The summed E-state index contributed by atoms with van der Waals surface area (Å²) in [6, 6.07) is 27.9. The van der Waals surface area contributed by atoms with Crippen LogP contribution in [0.4, 0.5) is 5.69 Å². The molecule has 5 aromatic rings. The topological polar surface area (TPSA) is 86.6 Å². The molecule has 8 heteroatoms. The molecule has 200 valence electrons. The van der Waals surface area contributed by atoms with E-state index < -0.39 is 17.8 Å². The Morgan fingerprint density at radius 3 is 2.23 bits per heavy atom. The number of amides is 1. The molecule has 0 aliphatic rings. The van der Waals surface area contributed by atoms with Crippen LogP contribution in [-0.2, 0) is 4.74 Å². The van der Waals surface area contributed by atoms with Crippen LogP contribution in [0.25, 0.3) is 16.6 Å². The van der Waals surface area contributed by atoms with Gasteiger partial charge in [0.15, 0.2) is 0 Å². The minimum absolute atomic E-state index is 0.159. The lowest BCUT2D eigenvalue weighted by Crippen LogP contribution is -2.17. The molecule has 1 aromatic heterocycles. The molecule has 1 N–H and O–H groups in total. The van der Waals surface area contributed by atoms with Crippen LogP contribution in [0.3, 0.4) is 0 Å². The molecule has 0 saturated carbocycles. The molecule has 4 aromatic carbocycles. The van der Waals surface area contributed by atoms with E-state index >= 15 is 0 Å². The Kier molecular flexibility index (Phi) is 7.66. The van der Waals surface area contributed by atoms with Gasteiger partial charge in [-0.15, -0.1) is 0 Å². The van der Waals surface area contributed by atoms with Crippen LogP contribution in [0.1, 0.15) is 43.7 Å². The van der Waals surface area contributed by atoms with Crippen LogP contribution >= 0.6 is 11.6 Å². The van der Waals surface area contributed by atoms with Crippen molar-refractivity contribution in [1.29, 1.82) is 0 Å². The normalized spacial score (nSPS) is 10.8. The zero-order valence-electron chi connectivity index (χ0n) is 21.8. The standard InChI is InChI=1S/C32H25ClN2O5/c1-3-39-32(38)29-20(2)35(21-11-5-4-6-12-21)28-18-17-22(19-25(28)29)40-31(37)24-14-8-10-16-27(24)34-30(36)23-13-7-9-15-26(23)33/h4-19H,3H2,1-2H3,(H,34,36). The van der Waals surface area contributed by atoms with Crippen LogP contribution in [0, 0.1) is 6.92 Å². The smallest absolute Gasteiger partial charge is 0.345 e. The Bertz CT molecular complexity index is 1740. The number of hydrogen-bond donors (Lipinski definition) is 1. The van der Waals surface area contributed by atoms with Crippen LogP contribution in [-0.4, -0.2) is 29.0 Å². The molecule has 0 aliphatic carbocycles. The summed E-state index contributed by atoms with van der Waals surface area (Å²) in [6.07, 6.45) is 0. The van der Waals surface area contributed by atoms with Crippen molar-refractivity contribution in [1.82, 2.24) is 4.57 Å². The van der Waals surface area contributed by atoms with Gasteiger partial charge in [0.1, 0.15) is 5.75 Å². The predicted molar refractivity (Wildman–Crippen MR) is 155 cm³/mol. The van der Waals surface area contributed by atoms with Crippen molar-refractivity contribution >= 4 is 46.0 Å². The summed E-state index contributed by atoms with van der Waals surface area (Å²) in [5.41, 5.74) is 3.46. The molecule has 0 atom stereocenters.